The van der Waals surface area contributed by atoms with Gasteiger partial charge in [-0.05, 0) is 30.3 Å². The van der Waals surface area contributed by atoms with Crippen LogP contribution in [0.2, 0.25) is 10.0 Å². The standard InChI is InChI=1S/C14H8Cl2FNO/c15-11-3-4-13(17)10(5-11)8-19-14-6-12(16)2-1-9(14)7-18/h1-6H,8H2. The summed E-state index contributed by atoms with van der Waals surface area (Å²) in [5.41, 5.74) is 0.656. The van der Waals surface area contributed by atoms with E-state index in [1.807, 2.05) is 6.07 Å². The molecule has 0 bridgehead atoms. The molecule has 0 N–H and O–H groups in total. The van der Waals surface area contributed by atoms with Gasteiger partial charge in [0.2, 0.25) is 0 Å². The lowest BCUT2D eigenvalue weighted by atomic mass is 10.2. The van der Waals surface area contributed by atoms with Crippen LogP contribution in [0.1, 0.15) is 11.1 Å². The monoisotopic (exact) mass is 295 g/mol. The van der Waals surface area contributed by atoms with Gasteiger partial charge in [-0.1, -0.05) is 23.2 Å². The first-order valence-electron chi connectivity index (χ1n) is 5.36. The van der Waals surface area contributed by atoms with Crippen molar-refractivity contribution in [1.82, 2.24) is 0 Å². The highest BCUT2D eigenvalue weighted by Crippen LogP contribution is 2.24. The lowest BCUT2D eigenvalue weighted by molar-refractivity contribution is 0.299. The molecule has 96 valence electrons. The lowest BCUT2D eigenvalue weighted by Gasteiger charge is -2.09. The highest BCUT2D eigenvalue weighted by molar-refractivity contribution is 6.31. The molecular weight excluding hydrogens is 288 g/mol. The van der Waals surface area contributed by atoms with Crippen molar-refractivity contribution < 1.29 is 9.13 Å². The zero-order valence-electron chi connectivity index (χ0n) is 9.66. The summed E-state index contributed by atoms with van der Waals surface area (Å²) in [7, 11) is 0. The summed E-state index contributed by atoms with van der Waals surface area (Å²) in [5, 5.41) is 9.80. The summed E-state index contributed by atoms with van der Waals surface area (Å²) in [6, 6.07) is 10.8. The SMILES string of the molecule is N#Cc1ccc(Cl)cc1OCc1cc(Cl)ccc1F. The number of ether oxygens (including phenoxy) is 1. The van der Waals surface area contributed by atoms with Gasteiger partial charge < -0.3 is 4.74 Å². The topological polar surface area (TPSA) is 33.0 Å². The van der Waals surface area contributed by atoms with E-state index in [9.17, 15) is 4.39 Å². The van der Waals surface area contributed by atoms with E-state index in [0.717, 1.165) is 0 Å². The molecule has 0 atom stereocenters. The number of hydrogen-bond acceptors (Lipinski definition) is 2. The van der Waals surface area contributed by atoms with Crippen LogP contribution in [0, 0.1) is 17.1 Å². The molecule has 0 heterocycles. The molecule has 0 amide bonds. The Balaban J connectivity index is 2.21. The van der Waals surface area contributed by atoms with Crippen LogP contribution in [-0.2, 0) is 6.61 Å². The van der Waals surface area contributed by atoms with Crippen LogP contribution in [0.25, 0.3) is 0 Å². The molecule has 2 aromatic rings. The summed E-state index contributed by atoms with van der Waals surface area (Å²) < 4.78 is 18.9. The van der Waals surface area contributed by atoms with E-state index >= 15 is 0 Å². The van der Waals surface area contributed by atoms with Gasteiger partial charge in [0, 0.05) is 21.7 Å². The van der Waals surface area contributed by atoms with Gasteiger partial charge in [0.25, 0.3) is 0 Å². The van der Waals surface area contributed by atoms with Crippen molar-refractivity contribution in [2.24, 2.45) is 0 Å². The predicted molar refractivity (Wildman–Crippen MR) is 71.9 cm³/mol. The van der Waals surface area contributed by atoms with Crippen molar-refractivity contribution in [3.8, 4) is 11.8 Å². The van der Waals surface area contributed by atoms with Gasteiger partial charge in [0.1, 0.15) is 24.2 Å². The molecule has 2 aromatic carbocycles. The Morgan fingerprint density at radius 3 is 2.53 bits per heavy atom. The van der Waals surface area contributed by atoms with Gasteiger partial charge in [-0.15, -0.1) is 0 Å². The van der Waals surface area contributed by atoms with Crippen molar-refractivity contribution >= 4 is 23.2 Å². The van der Waals surface area contributed by atoms with Crippen molar-refractivity contribution in [1.29, 1.82) is 5.26 Å². The zero-order valence-corrected chi connectivity index (χ0v) is 11.2. The number of nitriles is 1. The summed E-state index contributed by atoms with van der Waals surface area (Å²) in [5.74, 6) is -0.0979. The number of halogens is 3. The van der Waals surface area contributed by atoms with E-state index < -0.39 is 5.82 Å². The van der Waals surface area contributed by atoms with Gasteiger partial charge in [0.15, 0.2) is 0 Å². The van der Waals surface area contributed by atoms with Crippen LogP contribution in [0.15, 0.2) is 36.4 Å². The summed E-state index contributed by atoms with van der Waals surface area (Å²) in [6.45, 7) is -0.0264. The molecule has 0 aliphatic heterocycles. The minimum Gasteiger partial charge on any atom is -0.487 e. The molecule has 0 aliphatic carbocycles. The molecule has 2 nitrogen and oxygen atoms in total. The fourth-order valence-corrected chi connectivity index (χ4v) is 1.87. The van der Waals surface area contributed by atoms with Gasteiger partial charge in [0.05, 0.1) is 5.56 Å². The van der Waals surface area contributed by atoms with Gasteiger partial charge in [-0.2, -0.15) is 5.26 Å². The van der Waals surface area contributed by atoms with Crippen LogP contribution in [0.4, 0.5) is 4.39 Å². The van der Waals surface area contributed by atoms with E-state index in [4.69, 9.17) is 33.2 Å². The highest BCUT2D eigenvalue weighted by Gasteiger charge is 2.08. The molecule has 0 radical (unpaired) electrons. The maximum Gasteiger partial charge on any atom is 0.139 e. The molecule has 0 aromatic heterocycles. The van der Waals surface area contributed by atoms with Crippen molar-refractivity contribution in [2.75, 3.05) is 0 Å². The van der Waals surface area contributed by atoms with E-state index in [2.05, 4.69) is 0 Å². The second-order valence-corrected chi connectivity index (χ2v) is 4.65. The normalized spacial score (nSPS) is 10.0. The maximum atomic E-state index is 13.5. The van der Waals surface area contributed by atoms with Crippen molar-refractivity contribution in [3.05, 3.63) is 63.4 Å². The number of benzene rings is 2. The predicted octanol–water partition coefficient (Wildman–Crippen LogP) is 4.58. The number of hydrogen-bond donors (Lipinski definition) is 0. The fourth-order valence-electron chi connectivity index (χ4n) is 1.52. The van der Waals surface area contributed by atoms with Crippen LogP contribution < -0.4 is 4.74 Å². The lowest BCUT2D eigenvalue weighted by Crippen LogP contribution is -2.00. The fraction of sp³-hybridized carbons (Fsp3) is 0.0714. The van der Waals surface area contributed by atoms with Crippen molar-refractivity contribution in [3.63, 3.8) is 0 Å². The molecule has 0 saturated heterocycles. The largest absolute Gasteiger partial charge is 0.487 e. The van der Waals surface area contributed by atoms with E-state index in [-0.39, 0.29) is 6.61 Å². The zero-order chi connectivity index (χ0) is 13.8. The Morgan fingerprint density at radius 2 is 1.79 bits per heavy atom. The summed E-state index contributed by atoms with van der Waals surface area (Å²) in [6.07, 6.45) is 0. The van der Waals surface area contributed by atoms with Gasteiger partial charge in [-0.25, -0.2) is 4.39 Å². The van der Waals surface area contributed by atoms with Crippen LogP contribution in [0.3, 0.4) is 0 Å². The Bertz CT molecular complexity index is 652. The second-order valence-electron chi connectivity index (χ2n) is 3.78. The Hall–Kier alpha value is -1.76. The van der Waals surface area contributed by atoms with E-state index in [1.54, 1.807) is 12.1 Å². The minimum atomic E-state index is -0.412. The maximum absolute atomic E-state index is 13.5. The second kappa shape index (κ2) is 5.92. The summed E-state index contributed by atoms with van der Waals surface area (Å²) >= 11 is 11.6. The van der Waals surface area contributed by atoms with Crippen LogP contribution in [0.5, 0.6) is 5.75 Å². The Morgan fingerprint density at radius 1 is 1.11 bits per heavy atom. The number of rotatable bonds is 3. The molecule has 0 saturated carbocycles. The minimum absolute atomic E-state index is 0.0264. The first-order chi connectivity index (χ1) is 9.10. The third kappa shape index (κ3) is 3.37. The van der Waals surface area contributed by atoms with Gasteiger partial charge in [-0.3, -0.25) is 0 Å². The first kappa shape index (κ1) is 13.7. The van der Waals surface area contributed by atoms with Crippen LogP contribution in [-0.4, -0.2) is 0 Å². The molecule has 0 aliphatic rings. The summed E-state index contributed by atoms with van der Waals surface area (Å²) in [4.78, 5) is 0. The Labute approximate surface area is 119 Å². The quantitative estimate of drug-likeness (QED) is 0.830. The third-order valence-electron chi connectivity index (χ3n) is 2.46. The average molecular weight is 296 g/mol. The average Bonchev–Trinajstić information content (AvgIpc) is 2.40. The van der Waals surface area contributed by atoms with E-state index in [0.29, 0.717) is 26.9 Å². The van der Waals surface area contributed by atoms with Crippen molar-refractivity contribution in [2.45, 2.75) is 6.61 Å². The molecule has 5 heteroatoms. The highest BCUT2D eigenvalue weighted by atomic mass is 35.5. The first-order valence-corrected chi connectivity index (χ1v) is 6.12. The third-order valence-corrected chi connectivity index (χ3v) is 2.93. The Kier molecular flexibility index (Phi) is 4.26. The number of nitrogens with zero attached hydrogens (tertiary/aromatic N) is 1. The molecule has 0 spiro atoms. The molecule has 0 unspecified atom stereocenters. The smallest absolute Gasteiger partial charge is 0.139 e. The molecule has 2 rings (SSSR count). The van der Waals surface area contributed by atoms with Gasteiger partial charge >= 0.3 is 0 Å². The molecular formula is C14H8Cl2FNO. The van der Waals surface area contributed by atoms with Crippen LogP contribution >= 0.6 is 23.2 Å². The van der Waals surface area contributed by atoms with E-state index in [1.165, 1.54) is 24.3 Å². The molecule has 19 heavy (non-hydrogen) atoms. The molecule has 0 fully saturated rings.